The van der Waals surface area contributed by atoms with Crippen LogP contribution in [0.15, 0.2) is 54.7 Å². The number of pyridine rings is 2. The van der Waals surface area contributed by atoms with Gasteiger partial charge < -0.3 is 4.74 Å². The Labute approximate surface area is 139 Å². The van der Waals surface area contributed by atoms with Crippen LogP contribution in [0.25, 0.3) is 11.3 Å². The van der Waals surface area contributed by atoms with Crippen molar-refractivity contribution in [1.29, 1.82) is 5.26 Å². The van der Waals surface area contributed by atoms with E-state index < -0.39 is 0 Å². The van der Waals surface area contributed by atoms with E-state index >= 15 is 0 Å². The third-order valence-electron chi connectivity index (χ3n) is 3.23. The monoisotopic (exact) mass is 321 g/mol. The highest BCUT2D eigenvalue weighted by Crippen LogP contribution is 2.34. The molecule has 0 saturated heterocycles. The SMILES string of the molecule is Cc1ccc(Oc2ccnc(Cl)c2)c(-c2ccccc2C#N)n1. The Morgan fingerprint density at radius 2 is 1.96 bits per heavy atom. The second kappa shape index (κ2) is 6.47. The summed E-state index contributed by atoms with van der Waals surface area (Å²) in [7, 11) is 0. The molecular formula is C18H12ClN3O. The minimum atomic E-state index is 0.349. The van der Waals surface area contributed by atoms with Crippen LogP contribution in [-0.2, 0) is 0 Å². The molecule has 0 amide bonds. The average molecular weight is 322 g/mol. The van der Waals surface area contributed by atoms with E-state index in [1.807, 2.05) is 37.3 Å². The predicted octanol–water partition coefficient (Wildman–Crippen LogP) is 4.77. The van der Waals surface area contributed by atoms with Gasteiger partial charge in [0.1, 0.15) is 16.6 Å². The van der Waals surface area contributed by atoms with E-state index in [-0.39, 0.29) is 0 Å². The molecule has 0 aliphatic rings. The van der Waals surface area contributed by atoms with Gasteiger partial charge in [0.15, 0.2) is 5.75 Å². The number of ether oxygens (including phenoxy) is 1. The first-order valence-corrected chi connectivity index (χ1v) is 7.32. The lowest BCUT2D eigenvalue weighted by atomic mass is 10.0. The van der Waals surface area contributed by atoms with Crippen molar-refractivity contribution in [3.63, 3.8) is 0 Å². The van der Waals surface area contributed by atoms with E-state index in [1.54, 1.807) is 24.4 Å². The number of aryl methyl sites for hydroxylation is 1. The molecule has 112 valence electrons. The molecule has 0 spiro atoms. The molecule has 4 nitrogen and oxygen atoms in total. The smallest absolute Gasteiger partial charge is 0.153 e. The Morgan fingerprint density at radius 3 is 2.74 bits per heavy atom. The number of halogens is 1. The number of hydrogen-bond donors (Lipinski definition) is 0. The van der Waals surface area contributed by atoms with Crippen LogP contribution in [0, 0.1) is 18.3 Å². The normalized spacial score (nSPS) is 10.1. The number of aromatic nitrogens is 2. The van der Waals surface area contributed by atoms with Gasteiger partial charge in [-0.15, -0.1) is 0 Å². The van der Waals surface area contributed by atoms with Gasteiger partial charge in [-0.05, 0) is 31.2 Å². The Bertz CT molecular complexity index is 903. The van der Waals surface area contributed by atoms with Crippen molar-refractivity contribution in [2.24, 2.45) is 0 Å². The van der Waals surface area contributed by atoms with Crippen molar-refractivity contribution in [3.8, 4) is 28.8 Å². The summed E-state index contributed by atoms with van der Waals surface area (Å²) in [6.07, 6.45) is 1.57. The van der Waals surface area contributed by atoms with Crippen molar-refractivity contribution in [2.45, 2.75) is 6.92 Å². The highest BCUT2D eigenvalue weighted by atomic mass is 35.5. The van der Waals surface area contributed by atoms with Crippen LogP contribution >= 0.6 is 11.6 Å². The molecule has 0 aliphatic heterocycles. The van der Waals surface area contributed by atoms with Crippen LogP contribution in [0.2, 0.25) is 5.15 Å². The number of nitrogens with zero attached hydrogens (tertiary/aromatic N) is 3. The molecule has 0 aliphatic carbocycles. The van der Waals surface area contributed by atoms with E-state index in [0.717, 1.165) is 11.3 Å². The Kier molecular flexibility index (Phi) is 4.22. The van der Waals surface area contributed by atoms with E-state index in [1.165, 1.54) is 0 Å². The van der Waals surface area contributed by atoms with E-state index in [4.69, 9.17) is 16.3 Å². The van der Waals surface area contributed by atoms with E-state index in [0.29, 0.717) is 27.9 Å². The fraction of sp³-hybridized carbons (Fsp3) is 0.0556. The number of hydrogen-bond acceptors (Lipinski definition) is 4. The lowest BCUT2D eigenvalue weighted by Crippen LogP contribution is -1.95. The topological polar surface area (TPSA) is 58.8 Å². The van der Waals surface area contributed by atoms with Crippen LogP contribution in [-0.4, -0.2) is 9.97 Å². The lowest BCUT2D eigenvalue weighted by molar-refractivity contribution is 0.481. The van der Waals surface area contributed by atoms with Gasteiger partial charge in [-0.2, -0.15) is 5.26 Å². The molecule has 0 bridgehead atoms. The predicted molar refractivity (Wildman–Crippen MR) is 88.4 cm³/mol. The fourth-order valence-corrected chi connectivity index (χ4v) is 2.35. The van der Waals surface area contributed by atoms with Crippen molar-refractivity contribution in [2.75, 3.05) is 0 Å². The third kappa shape index (κ3) is 3.31. The fourth-order valence-electron chi connectivity index (χ4n) is 2.18. The van der Waals surface area contributed by atoms with Crippen LogP contribution in [0.5, 0.6) is 11.5 Å². The molecule has 5 heteroatoms. The summed E-state index contributed by atoms with van der Waals surface area (Å²) < 4.78 is 5.90. The molecule has 3 rings (SSSR count). The standard InChI is InChI=1S/C18H12ClN3O/c1-12-6-7-16(23-14-8-9-21-17(19)10-14)18(22-12)15-5-3-2-4-13(15)11-20/h2-10H,1H3. The van der Waals surface area contributed by atoms with Crippen molar-refractivity contribution >= 4 is 11.6 Å². The van der Waals surface area contributed by atoms with Crippen molar-refractivity contribution in [1.82, 2.24) is 9.97 Å². The summed E-state index contributed by atoms with van der Waals surface area (Å²) >= 11 is 5.89. The summed E-state index contributed by atoms with van der Waals surface area (Å²) in [6, 6.07) is 16.5. The minimum Gasteiger partial charge on any atom is -0.455 e. The molecule has 0 fully saturated rings. The van der Waals surface area contributed by atoms with Gasteiger partial charge in [0.05, 0.1) is 11.6 Å². The van der Waals surface area contributed by atoms with E-state index in [2.05, 4.69) is 16.0 Å². The molecular weight excluding hydrogens is 310 g/mol. The van der Waals surface area contributed by atoms with Crippen LogP contribution in [0.4, 0.5) is 0 Å². The molecule has 0 unspecified atom stereocenters. The molecule has 23 heavy (non-hydrogen) atoms. The Balaban J connectivity index is 2.10. The van der Waals surface area contributed by atoms with Crippen molar-refractivity contribution in [3.05, 3.63) is 71.1 Å². The first kappa shape index (κ1) is 15.0. The van der Waals surface area contributed by atoms with Crippen molar-refractivity contribution < 1.29 is 4.74 Å². The lowest BCUT2D eigenvalue weighted by Gasteiger charge is -2.12. The second-order valence-electron chi connectivity index (χ2n) is 4.87. The summed E-state index contributed by atoms with van der Waals surface area (Å²) in [5.41, 5.74) is 2.74. The second-order valence-corrected chi connectivity index (χ2v) is 5.26. The highest BCUT2D eigenvalue weighted by molar-refractivity contribution is 6.29. The Morgan fingerprint density at radius 1 is 1.13 bits per heavy atom. The molecule has 3 aromatic rings. The maximum absolute atomic E-state index is 9.32. The molecule has 1 aromatic carbocycles. The summed E-state index contributed by atoms with van der Waals surface area (Å²) in [6.45, 7) is 1.89. The van der Waals surface area contributed by atoms with Gasteiger partial charge in [0.2, 0.25) is 0 Å². The maximum atomic E-state index is 9.32. The highest BCUT2D eigenvalue weighted by Gasteiger charge is 2.13. The van der Waals surface area contributed by atoms with Gasteiger partial charge in [-0.25, -0.2) is 9.97 Å². The molecule has 0 radical (unpaired) electrons. The molecule has 0 atom stereocenters. The number of rotatable bonds is 3. The maximum Gasteiger partial charge on any atom is 0.153 e. The zero-order valence-electron chi connectivity index (χ0n) is 12.3. The van der Waals surface area contributed by atoms with Gasteiger partial charge in [-0.3, -0.25) is 0 Å². The first-order chi connectivity index (χ1) is 11.2. The number of benzene rings is 1. The van der Waals surface area contributed by atoms with Crippen LogP contribution in [0.1, 0.15) is 11.3 Å². The molecule has 0 saturated carbocycles. The quantitative estimate of drug-likeness (QED) is 0.652. The number of nitriles is 1. The third-order valence-corrected chi connectivity index (χ3v) is 3.43. The molecule has 2 aromatic heterocycles. The zero-order valence-corrected chi connectivity index (χ0v) is 13.1. The summed E-state index contributed by atoms with van der Waals surface area (Å²) in [5.74, 6) is 1.12. The average Bonchev–Trinajstić information content (AvgIpc) is 2.56. The van der Waals surface area contributed by atoms with Gasteiger partial charge in [0, 0.05) is 23.5 Å². The van der Waals surface area contributed by atoms with Gasteiger partial charge in [0.25, 0.3) is 0 Å². The Hall–Kier alpha value is -2.90. The van der Waals surface area contributed by atoms with E-state index in [9.17, 15) is 5.26 Å². The van der Waals surface area contributed by atoms with Gasteiger partial charge >= 0.3 is 0 Å². The molecule has 2 heterocycles. The van der Waals surface area contributed by atoms with Crippen LogP contribution in [0.3, 0.4) is 0 Å². The molecule has 0 N–H and O–H groups in total. The van der Waals surface area contributed by atoms with Crippen LogP contribution < -0.4 is 4.74 Å². The minimum absolute atomic E-state index is 0.349. The summed E-state index contributed by atoms with van der Waals surface area (Å²) in [5, 5.41) is 9.67. The summed E-state index contributed by atoms with van der Waals surface area (Å²) in [4.78, 5) is 8.48. The first-order valence-electron chi connectivity index (χ1n) is 6.94. The largest absolute Gasteiger partial charge is 0.455 e. The van der Waals surface area contributed by atoms with Gasteiger partial charge in [-0.1, -0.05) is 29.8 Å². The zero-order chi connectivity index (χ0) is 16.2.